The number of carbonyl (C=O) groups excluding carboxylic acids is 2. The van der Waals surface area contributed by atoms with Crippen LogP contribution >= 0.6 is 0 Å². The Hall–Kier alpha value is -2.03. The Morgan fingerprint density at radius 1 is 1.62 bits per heavy atom. The van der Waals surface area contributed by atoms with E-state index in [1.54, 1.807) is 0 Å². The van der Waals surface area contributed by atoms with Gasteiger partial charge in [-0.15, -0.1) is 6.42 Å². The summed E-state index contributed by atoms with van der Waals surface area (Å²) in [7, 11) is 0. The highest BCUT2D eigenvalue weighted by atomic mass is 16.4. The van der Waals surface area contributed by atoms with Crippen molar-refractivity contribution in [2.24, 2.45) is 5.92 Å². The van der Waals surface area contributed by atoms with E-state index in [0.29, 0.717) is 0 Å². The number of nitrogens with zero attached hydrogens (tertiary/aromatic N) is 1. The molecule has 0 aromatic carbocycles. The second-order valence-corrected chi connectivity index (χ2v) is 3.49. The zero-order chi connectivity index (χ0) is 12.1. The van der Waals surface area contributed by atoms with Crippen molar-refractivity contribution in [2.75, 3.05) is 19.6 Å². The Bertz CT molecular complexity index is 358. The second kappa shape index (κ2) is 5.16. The summed E-state index contributed by atoms with van der Waals surface area (Å²) < 4.78 is 0. The van der Waals surface area contributed by atoms with Crippen molar-refractivity contribution in [1.82, 2.24) is 10.2 Å². The largest absolute Gasteiger partial charge is 0.481 e. The number of amides is 2. The maximum atomic E-state index is 11.3. The highest BCUT2D eigenvalue weighted by molar-refractivity contribution is 5.89. The number of hydrogen-bond acceptors (Lipinski definition) is 3. The van der Waals surface area contributed by atoms with Crippen LogP contribution in [0.4, 0.5) is 0 Å². The van der Waals surface area contributed by atoms with Crippen LogP contribution in [-0.4, -0.2) is 47.4 Å². The molecule has 1 saturated heterocycles. The van der Waals surface area contributed by atoms with Gasteiger partial charge in [-0.2, -0.15) is 0 Å². The highest BCUT2D eigenvalue weighted by Crippen LogP contribution is 2.17. The average Bonchev–Trinajstić information content (AvgIpc) is 2.57. The van der Waals surface area contributed by atoms with Crippen molar-refractivity contribution in [3.05, 3.63) is 0 Å². The third kappa shape index (κ3) is 2.98. The molecule has 0 bridgehead atoms. The number of carboxylic acids is 1. The van der Waals surface area contributed by atoms with E-state index in [4.69, 9.17) is 11.5 Å². The van der Waals surface area contributed by atoms with Crippen LogP contribution in [0.2, 0.25) is 0 Å². The predicted molar refractivity (Wildman–Crippen MR) is 54.2 cm³/mol. The van der Waals surface area contributed by atoms with E-state index < -0.39 is 11.9 Å². The van der Waals surface area contributed by atoms with Crippen LogP contribution in [0.5, 0.6) is 0 Å². The third-order valence-electron chi connectivity index (χ3n) is 2.29. The average molecular weight is 224 g/mol. The smallest absolute Gasteiger partial charge is 0.308 e. The van der Waals surface area contributed by atoms with E-state index in [0.717, 1.165) is 0 Å². The molecule has 1 rings (SSSR count). The number of aliphatic carboxylic acids is 1. The molecule has 1 atom stereocenters. The Morgan fingerprint density at radius 3 is 2.81 bits per heavy atom. The first kappa shape index (κ1) is 12.0. The lowest BCUT2D eigenvalue weighted by molar-refractivity contribution is -0.141. The van der Waals surface area contributed by atoms with Crippen molar-refractivity contribution in [3.8, 4) is 12.3 Å². The lowest BCUT2D eigenvalue weighted by Gasteiger charge is -2.14. The maximum absolute atomic E-state index is 11.3. The van der Waals surface area contributed by atoms with Crippen LogP contribution in [0.1, 0.15) is 6.42 Å². The molecule has 16 heavy (non-hydrogen) atoms. The van der Waals surface area contributed by atoms with Gasteiger partial charge in [0.2, 0.25) is 11.8 Å². The molecule has 1 aliphatic heterocycles. The van der Waals surface area contributed by atoms with Crippen molar-refractivity contribution < 1.29 is 19.5 Å². The van der Waals surface area contributed by atoms with Gasteiger partial charge in [0.05, 0.1) is 19.0 Å². The van der Waals surface area contributed by atoms with E-state index in [-0.39, 0.29) is 37.9 Å². The number of rotatable bonds is 4. The summed E-state index contributed by atoms with van der Waals surface area (Å²) in [5.41, 5.74) is 0. The molecule has 0 aromatic heterocycles. The molecule has 1 aliphatic rings. The molecule has 6 heteroatoms. The molecule has 6 nitrogen and oxygen atoms in total. The predicted octanol–water partition coefficient (Wildman–Crippen LogP) is -1.33. The molecular formula is C10H12N2O4. The highest BCUT2D eigenvalue weighted by Gasteiger charge is 2.34. The summed E-state index contributed by atoms with van der Waals surface area (Å²) >= 11 is 0. The van der Waals surface area contributed by atoms with Gasteiger partial charge in [0, 0.05) is 13.0 Å². The lowest BCUT2D eigenvalue weighted by Crippen LogP contribution is -2.38. The summed E-state index contributed by atoms with van der Waals surface area (Å²) in [4.78, 5) is 34.4. The number of likely N-dealkylation sites (tertiary alicyclic amines) is 1. The van der Waals surface area contributed by atoms with E-state index in [9.17, 15) is 14.4 Å². The Kier molecular flexibility index (Phi) is 3.89. The molecule has 2 amide bonds. The monoisotopic (exact) mass is 224 g/mol. The molecule has 2 N–H and O–H groups in total. The van der Waals surface area contributed by atoms with Gasteiger partial charge in [-0.05, 0) is 0 Å². The van der Waals surface area contributed by atoms with E-state index in [2.05, 4.69) is 11.2 Å². The van der Waals surface area contributed by atoms with E-state index in [1.165, 1.54) is 4.90 Å². The first-order valence-electron chi connectivity index (χ1n) is 4.75. The van der Waals surface area contributed by atoms with Crippen LogP contribution in [0.25, 0.3) is 0 Å². The SMILES string of the molecule is C#CCNC(=O)CN1CC(C(=O)O)CC1=O. The zero-order valence-corrected chi connectivity index (χ0v) is 8.60. The van der Waals surface area contributed by atoms with Crippen molar-refractivity contribution >= 4 is 17.8 Å². The van der Waals surface area contributed by atoms with Crippen molar-refractivity contribution in [3.63, 3.8) is 0 Å². The fourth-order valence-corrected chi connectivity index (χ4v) is 1.47. The molecule has 0 aliphatic carbocycles. The van der Waals surface area contributed by atoms with Crippen LogP contribution in [0, 0.1) is 18.3 Å². The Morgan fingerprint density at radius 2 is 2.31 bits per heavy atom. The second-order valence-electron chi connectivity index (χ2n) is 3.49. The molecule has 0 saturated carbocycles. The minimum absolute atomic E-state index is 0.0439. The van der Waals surface area contributed by atoms with Crippen molar-refractivity contribution in [1.29, 1.82) is 0 Å². The standard InChI is InChI=1S/C10H12N2O4/c1-2-3-11-8(13)6-12-5-7(10(15)16)4-9(12)14/h1,7H,3-6H2,(H,11,13)(H,15,16). The van der Waals surface area contributed by atoms with Gasteiger partial charge in [0.25, 0.3) is 0 Å². The molecule has 0 spiro atoms. The summed E-state index contributed by atoms with van der Waals surface area (Å²) in [5.74, 6) is -0.191. The van der Waals surface area contributed by atoms with Gasteiger partial charge in [-0.1, -0.05) is 5.92 Å². The fraction of sp³-hybridized carbons (Fsp3) is 0.500. The summed E-state index contributed by atoms with van der Waals surface area (Å²) in [6.07, 6.45) is 4.91. The lowest BCUT2D eigenvalue weighted by atomic mass is 10.1. The van der Waals surface area contributed by atoms with Crippen molar-refractivity contribution in [2.45, 2.75) is 6.42 Å². The summed E-state index contributed by atoms with van der Waals surface area (Å²) in [6, 6.07) is 0. The zero-order valence-electron chi connectivity index (χ0n) is 8.60. The van der Waals surface area contributed by atoms with Gasteiger partial charge in [-0.3, -0.25) is 14.4 Å². The van der Waals surface area contributed by atoms with Crippen LogP contribution in [0.15, 0.2) is 0 Å². The first-order chi connectivity index (χ1) is 7.54. The normalized spacial score (nSPS) is 19.3. The van der Waals surface area contributed by atoms with Gasteiger partial charge < -0.3 is 15.3 Å². The van der Waals surface area contributed by atoms with Gasteiger partial charge in [0.15, 0.2) is 0 Å². The first-order valence-corrected chi connectivity index (χ1v) is 4.75. The van der Waals surface area contributed by atoms with Gasteiger partial charge in [-0.25, -0.2) is 0 Å². The molecule has 0 aromatic rings. The summed E-state index contributed by atoms with van der Waals surface area (Å²) in [5, 5.41) is 11.1. The number of nitrogens with one attached hydrogen (secondary N) is 1. The number of carboxylic acid groups (broad SMARTS) is 1. The molecule has 86 valence electrons. The molecular weight excluding hydrogens is 212 g/mol. The van der Waals surface area contributed by atoms with Crippen LogP contribution in [0.3, 0.4) is 0 Å². The molecule has 0 radical (unpaired) electrons. The maximum Gasteiger partial charge on any atom is 0.308 e. The fourth-order valence-electron chi connectivity index (χ4n) is 1.47. The molecule has 1 heterocycles. The quantitative estimate of drug-likeness (QED) is 0.579. The molecule has 1 fully saturated rings. The van der Waals surface area contributed by atoms with E-state index in [1.807, 2.05) is 0 Å². The minimum Gasteiger partial charge on any atom is -0.481 e. The Labute approximate surface area is 92.6 Å². The van der Waals surface area contributed by atoms with E-state index >= 15 is 0 Å². The summed E-state index contributed by atoms with van der Waals surface area (Å²) in [6.45, 7) is 0.0468. The topological polar surface area (TPSA) is 86.7 Å². The third-order valence-corrected chi connectivity index (χ3v) is 2.29. The Balaban J connectivity index is 2.44. The minimum atomic E-state index is -1.01. The van der Waals surface area contributed by atoms with Gasteiger partial charge in [0.1, 0.15) is 0 Å². The van der Waals surface area contributed by atoms with Crippen LogP contribution < -0.4 is 5.32 Å². The number of terminal acetylenes is 1. The number of carbonyl (C=O) groups is 3. The number of hydrogen-bond donors (Lipinski definition) is 2. The van der Waals surface area contributed by atoms with Crippen LogP contribution in [-0.2, 0) is 14.4 Å². The molecule has 1 unspecified atom stereocenters. The van der Waals surface area contributed by atoms with Gasteiger partial charge >= 0.3 is 5.97 Å².